The highest BCUT2D eigenvalue weighted by Crippen LogP contribution is 2.27. The van der Waals surface area contributed by atoms with E-state index < -0.39 is 0 Å². The largest absolute Gasteiger partial charge is 0.342 e. The Morgan fingerprint density at radius 1 is 1.20 bits per heavy atom. The van der Waals surface area contributed by atoms with Crippen LogP contribution in [0.1, 0.15) is 37.4 Å². The molecule has 0 bridgehead atoms. The molecule has 3 rings (SSSR count). The Kier molecular flexibility index (Phi) is 6.85. The first-order valence-electron chi connectivity index (χ1n) is 8.95. The van der Waals surface area contributed by atoms with Crippen LogP contribution in [0.2, 0.25) is 0 Å². The highest BCUT2D eigenvalue weighted by molar-refractivity contribution is 5.85. The highest BCUT2D eigenvalue weighted by Gasteiger charge is 2.36. The second kappa shape index (κ2) is 8.68. The average molecular weight is 366 g/mol. The number of benzene rings is 1. The van der Waals surface area contributed by atoms with Crippen molar-refractivity contribution >= 4 is 24.2 Å². The van der Waals surface area contributed by atoms with Gasteiger partial charge < -0.3 is 15.1 Å². The van der Waals surface area contributed by atoms with Crippen molar-refractivity contribution in [2.45, 2.75) is 32.7 Å². The van der Waals surface area contributed by atoms with Gasteiger partial charge >= 0.3 is 0 Å². The summed E-state index contributed by atoms with van der Waals surface area (Å²) < 4.78 is 0. The third-order valence-corrected chi connectivity index (χ3v) is 5.28. The number of amides is 2. The number of nitrogens with zero attached hydrogens (tertiary/aromatic N) is 2. The molecular weight excluding hydrogens is 338 g/mol. The van der Waals surface area contributed by atoms with Crippen LogP contribution in [0.3, 0.4) is 0 Å². The Bertz CT molecular complexity index is 605. The molecule has 5 nitrogen and oxygen atoms in total. The lowest BCUT2D eigenvalue weighted by atomic mass is 9.98. The lowest BCUT2D eigenvalue weighted by molar-refractivity contribution is -0.138. The summed E-state index contributed by atoms with van der Waals surface area (Å²) in [6.45, 7) is 7.35. The number of halogens is 1. The van der Waals surface area contributed by atoms with E-state index in [1.54, 1.807) is 11.8 Å². The predicted molar refractivity (Wildman–Crippen MR) is 101 cm³/mol. The summed E-state index contributed by atoms with van der Waals surface area (Å²) in [5.74, 6) is 0.214. The van der Waals surface area contributed by atoms with E-state index in [-0.39, 0.29) is 36.2 Å². The van der Waals surface area contributed by atoms with Gasteiger partial charge in [0, 0.05) is 39.6 Å². The number of hydrogen-bond acceptors (Lipinski definition) is 3. The first-order chi connectivity index (χ1) is 11.6. The van der Waals surface area contributed by atoms with Crippen molar-refractivity contribution in [1.29, 1.82) is 0 Å². The number of rotatable bonds is 3. The summed E-state index contributed by atoms with van der Waals surface area (Å²) in [6.07, 6.45) is 1.80. The molecule has 2 heterocycles. The SMILES string of the molecule is CCc1ccc(C2CNCCN2C(=O)C2CCN(C(C)=O)C2)cc1.Cl. The standard InChI is InChI=1S/C19H27N3O2.ClH/c1-3-15-4-6-16(7-5-15)18-12-20-9-11-22(18)19(24)17-8-10-21(13-17)14(2)23;/h4-7,17-18,20H,3,8-13H2,1-2H3;1H. The number of hydrogen-bond donors (Lipinski definition) is 1. The molecular formula is C19H28ClN3O2. The minimum atomic E-state index is -0.0515. The molecule has 2 amide bonds. The van der Waals surface area contributed by atoms with Crippen molar-refractivity contribution in [2.24, 2.45) is 5.92 Å². The van der Waals surface area contributed by atoms with E-state index in [0.717, 1.165) is 32.5 Å². The van der Waals surface area contributed by atoms with Gasteiger partial charge in [-0.25, -0.2) is 0 Å². The van der Waals surface area contributed by atoms with Gasteiger partial charge in [0.2, 0.25) is 11.8 Å². The van der Waals surface area contributed by atoms with E-state index in [0.29, 0.717) is 13.1 Å². The smallest absolute Gasteiger partial charge is 0.228 e. The van der Waals surface area contributed by atoms with Crippen molar-refractivity contribution in [3.8, 4) is 0 Å². The first kappa shape index (κ1) is 19.7. The molecule has 0 aliphatic carbocycles. The summed E-state index contributed by atoms with van der Waals surface area (Å²) in [5.41, 5.74) is 2.50. The van der Waals surface area contributed by atoms with E-state index in [4.69, 9.17) is 0 Å². The molecule has 2 aliphatic rings. The van der Waals surface area contributed by atoms with Gasteiger partial charge in [0.15, 0.2) is 0 Å². The first-order valence-corrected chi connectivity index (χ1v) is 8.95. The molecule has 0 radical (unpaired) electrons. The van der Waals surface area contributed by atoms with Gasteiger partial charge in [-0.2, -0.15) is 0 Å². The quantitative estimate of drug-likeness (QED) is 0.891. The summed E-state index contributed by atoms with van der Waals surface area (Å²) in [7, 11) is 0. The molecule has 2 unspecified atom stereocenters. The van der Waals surface area contributed by atoms with Gasteiger partial charge in [0.05, 0.1) is 12.0 Å². The van der Waals surface area contributed by atoms with Crippen LogP contribution in [0.25, 0.3) is 0 Å². The van der Waals surface area contributed by atoms with Gasteiger partial charge in [-0.05, 0) is 24.0 Å². The molecule has 0 saturated carbocycles. The number of aryl methyl sites for hydroxylation is 1. The zero-order valence-corrected chi connectivity index (χ0v) is 15.8. The zero-order valence-electron chi connectivity index (χ0n) is 15.0. The number of nitrogens with one attached hydrogen (secondary N) is 1. The van der Waals surface area contributed by atoms with Crippen LogP contribution in [-0.2, 0) is 16.0 Å². The van der Waals surface area contributed by atoms with Crippen molar-refractivity contribution in [3.05, 3.63) is 35.4 Å². The molecule has 138 valence electrons. The molecule has 2 aliphatic heterocycles. The second-order valence-corrected chi connectivity index (χ2v) is 6.80. The number of likely N-dealkylation sites (tertiary alicyclic amines) is 1. The maximum Gasteiger partial charge on any atom is 0.228 e. The van der Waals surface area contributed by atoms with Gasteiger partial charge in [0.25, 0.3) is 0 Å². The van der Waals surface area contributed by atoms with Crippen LogP contribution in [0.15, 0.2) is 24.3 Å². The number of piperazine rings is 1. The molecule has 0 aromatic heterocycles. The summed E-state index contributed by atoms with van der Waals surface area (Å²) in [4.78, 5) is 28.4. The Labute approximate surface area is 156 Å². The maximum absolute atomic E-state index is 13.0. The fraction of sp³-hybridized carbons (Fsp3) is 0.579. The van der Waals surface area contributed by atoms with Crippen LogP contribution in [0, 0.1) is 5.92 Å². The summed E-state index contributed by atoms with van der Waals surface area (Å²) >= 11 is 0. The molecule has 0 spiro atoms. The molecule has 2 fully saturated rings. The number of carbonyl (C=O) groups excluding carboxylic acids is 2. The third kappa shape index (κ3) is 4.33. The second-order valence-electron chi connectivity index (χ2n) is 6.80. The third-order valence-electron chi connectivity index (χ3n) is 5.28. The summed E-state index contributed by atoms with van der Waals surface area (Å²) in [6, 6.07) is 8.68. The van der Waals surface area contributed by atoms with E-state index >= 15 is 0 Å². The topological polar surface area (TPSA) is 52.7 Å². The molecule has 1 aromatic rings. The zero-order chi connectivity index (χ0) is 17.1. The monoisotopic (exact) mass is 365 g/mol. The van der Waals surface area contributed by atoms with Gasteiger partial charge in [-0.3, -0.25) is 9.59 Å². The molecule has 25 heavy (non-hydrogen) atoms. The van der Waals surface area contributed by atoms with Gasteiger partial charge in [0.1, 0.15) is 0 Å². The Morgan fingerprint density at radius 3 is 2.52 bits per heavy atom. The highest BCUT2D eigenvalue weighted by atomic mass is 35.5. The van der Waals surface area contributed by atoms with Gasteiger partial charge in [-0.1, -0.05) is 31.2 Å². The maximum atomic E-state index is 13.0. The molecule has 1 aromatic carbocycles. The van der Waals surface area contributed by atoms with E-state index in [2.05, 4.69) is 36.5 Å². The lowest BCUT2D eigenvalue weighted by Crippen LogP contribution is -2.50. The normalized spacial score (nSPS) is 23.3. The van der Waals surface area contributed by atoms with Crippen LogP contribution in [0.4, 0.5) is 0 Å². The molecule has 2 saturated heterocycles. The molecule has 2 atom stereocenters. The molecule has 6 heteroatoms. The minimum Gasteiger partial charge on any atom is -0.342 e. The Morgan fingerprint density at radius 2 is 1.92 bits per heavy atom. The average Bonchev–Trinajstić information content (AvgIpc) is 3.12. The van der Waals surface area contributed by atoms with E-state index in [1.165, 1.54) is 11.1 Å². The lowest BCUT2D eigenvalue weighted by Gasteiger charge is -2.38. The van der Waals surface area contributed by atoms with Crippen LogP contribution in [0.5, 0.6) is 0 Å². The van der Waals surface area contributed by atoms with Crippen LogP contribution < -0.4 is 5.32 Å². The Balaban J connectivity index is 0.00000225. The van der Waals surface area contributed by atoms with Crippen molar-refractivity contribution in [2.75, 3.05) is 32.7 Å². The van der Waals surface area contributed by atoms with Crippen molar-refractivity contribution in [1.82, 2.24) is 15.1 Å². The van der Waals surface area contributed by atoms with Crippen LogP contribution in [-0.4, -0.2) is 54.3 Å². The van der Waals surface area contributed by atoms with Gasteiger partial charge in [-0.15, -0.1) is 12.4 Å². The molecule has 1 N–H and O–H groups in total. The van der Waals surface area contributed by atoms with Crippen molar-refractivity contribution < 1.29 is 9.59 Å². The van der Waals surface area contributed by atoms with E-state index in [1.807, 2.05) is 4.90 Å². The fourth-order valence-electron chi connectivity index (χ4n) is 3.72. The fourth-order valence-corrected chi connectivity index (χ4v) is 3.72. The van der Waals surface area contributed by atoms with Crippen LogP contribution >= 0.6 is 12.4 Å². The van der Waals surface area contributed by atoms with Crippen molar-refractivity contribution in [3.63, 3.8) is 0 Å². The number of carbonyl (C=O) groups is 2. The Hall–Kier alpha value is -1.59. The van der Waals surface area contributed by atoms with E-state index in [9.17, 15) is 9.59 Å². The predicted octanol–water partition coefficient (Wildman–Crippen LogP) is 2.01. The minimum absolute atomic E-state index is 0. The summed E-state index contributed by atoms with van der Waals surface area (Å²) in [5, 5.41) is 3.41.